The fourth-order valence-corrected chi connectivity index (χ4v) is 1.50. The topological polar surface area (TPSA) is 29.5 Å². The molecule has 0 bridgehead atoms. The summed E-state index contributed by atoms with van der Waals surface area (Å²) in [5.74, 6) is 0.932. The number of hydrogen-bond donors (Lipinski definition) is 1. The third-order valence-corrected chi connectivity index (χ3v) is 2.38. The summed E-state index contributed by atoms with van der Waals surface area (Å²) in [4.78, 5) is 0. The fourth-order valence-electron chi connectivity index (χ4n) is 0.860. The number of benzene rings is 1. The van der Waals surface area contributed by atoms with Crippen LogP contribution in [-0.4, -0.2) is 12.2 Å². The van der Waals surface area contributed by atoms with Crippen LogP contribution in [0.15, 0.2) is 16.6 Å². The summed E-state index contributed by atoms with van der Waals surface area (Å²) in [5, 5.41) is 9.40. The van der Waals surface area contributed by atoms with Crippen molar-refractivity contribution in [1.82, 2.24) is 0 Å². The molecule has 0 saturated carbocycles. The Hall–Kier alpha value is -0.410. The molecule has 0 fully saturated rings. The van der Waals surface area contributed by atoms with Crippen molar-refractivity contribution >= 4 is 27.5 Å². The van der Waals surface area contributed by atoms with Gasteiger partial charge in [0.1, 0.15) is 0 Å². The van der Waals surface area contributed by atoms with Crippen LogP contribution in [0.5, 0.6) is 11.5 Å². The highest BCUT2D eigenvalue weighted by atomic mass is 79.9. The lowest BCUT2D eigenvalue weighted by atomic mass is 10.2. The van der Waals surface area contributed by atoms with Gasteiger partial charge in [-0.25, -0.2) is 0 Å². The number of halogens is 2. The summed E-state index contributed by atoms with van der Waals surface area (Å²) in [5.41, 5.74) is 0.901. The van der Waals surface area contributed by atoms with Gasteiger partial charge in [-0.2, -0.15) is 0 Å². The number of phenols is 1. The molecule has 0 aliphatic rings. The van der Waals surface area contributed by atoms with Crippen LogP contribution in [0.1, 0.15) is 5.56 Å². The Balaban J connectivity index is 3.19. The zero-order valence-corrected chi connectivity index (χ0v) is 8.82. The summed E-state index contributed by atoms with van der Waals surface area (Å²) in [7, 11) is 1.50. The summed E-state index contributed by atoms with van der Waals surface area (Å²) >= 11 is 8.81. The van der Waals surface area contributed by atoms with Crippen molar-refractivity contribution in [3.8, 4) is 11.5 Å². The van der Waals surface area contributed by atoms with E-state index in [2.05, 4.69) is 15.9 Å². The second-order valence-corrected chi connectivity index (χ2v) is 3.38. The molecular formula is C8H8BrClO2. The molecular weight excluding hydrogens is 243 g/mol. The van der Waals surface area contributed by atoms with Gasteiger partial charge in [0.15, 0.2) is 11.5 Å². The van der Waals surface area contributed by atoms with E-state index in [1.165, 1.54) is 7.11 Å². The lowest BCUT2D eigenvalue weighted by Gasteiger charge is -2.06. The molecule has 0 aliphatic heterocycles. The first-order chi connectivity index (χ1) is 5.69. The van der Waals surface area contributed by atoms with Crippen LogP contribution in [-0.2, 0) is 5.88 Å². The predicted molar refractivity (Wildman–Crippen MR) is 51.9 cm³/mol. The monoisotopic (exact) mass is 250 g/mol. The minimum atomic E-state index is 0.103. The Bertz CT molecular complexity index is 289. The van der Waals surface area contributed by atoms with Crippen molar-refractivity contribution in [2.75, 3.05) is 7.11 Å². The number of phenolic OH excluding ortho intramolecular Hbond substituents is 1. The Morgan fingerprint density at radius 3 is 2.75 bits per heavy atom. The van der Waals surface area contributed by atoms with Crippen molar-refractivity contribution in [3.05, 3.63) is 22.2 Å². The van der Waals surface area contributed by atoms with E-state index in [0.29, 0.717) is 16.1 Å². The molecule has 0 atom stereocenters. The maximum absolute atomic E-state index is 9.40. The first kappa shape index (κ1) is 9.68. The largest absolute Gasteiger partial charge is 0.503 e. The maximum Gasteiger partial charge on any atom is 0.172 e. The zero-order chi connectivity index (χ0) is 9.14. The Morgan fingerprint density at radius 2 is 2.25 bits per heavy atom. The highest BCUT2D eigenvalue weighted by Crippen LogP contribution is 2.35. The van der Waals surface area contributed by atoms with Gasteiger partial charge in [-0.1, -0.05) is 0 Å². The Morgan fingerprint density at radius 1 is 1.58 bits per heavy atom. The molecule has 1 rings (SSSR count). The average molecular weight is 252 g/mol. The van der Waals surface area contributed by atoms with Gasteiger partial charge >= 0.3 is 0 Å². The second kappa shape index (κ2) is 4.01. The van der Waals surface area contributed by atoms with Crippen LogP contribution in [0.2, 0.25) is 0 Å². The van der Waals surface area contributed by atoms with E-state index in [9.17, 15) is 5.11 Å². The maximum atomic E-state index is 9.40. The number of methoxy groups -OCH3 is 1. The van der Waals surface area contributed by atoms with Gasteiger partial charge in [0.25, 0.3) is 0 Å². The fraction of sp³-hybridized carbons (Fsp3) is 0.250. The minimum absolute atomic E-state index is 0.103. The van der Waals surface area contributed by atoms with E-state index in [1.807, 2.05) is 0 Å². The number of aromatic hydroxyl groups is 1. The van der Waals surface area contributed by atoms with Crippen molar-refractivity contribution in [2.24, 2.45) is 0 Å². The normalized spacial score (nSPS) is 9.92. The van der Waals surface area contributed by atoms with Crippen LogP contribution in [0.3, 0.4) is 0 Å². The van der Waals surface area contributed by atoms with E-state index in [0.717, 1.165) is 5.56 Å². The van der Waals surface area contributed by atoms with Crippen molar-refractivity contribution in [1.29, 1.82) is 0 Å². The molecule has 12 heavy (non-hydrogen) atoms. The summed E-state index contributed by atoms with van der Waals surface area (Å²) in [6, 6.07) is 3.46. The van der Waals surface area contributed by atoms with Gasteiger partial charge in [0.2, 0.25) is 0 Å². The first-order valence-corrected chi connectivity index (χ1v) is 4.63. The predicted octanol–water partition coefficient (Wildman–Crippen LogP) is 2.90. The number of alkyl halides is 1. The van der Waals surface area contributed by atoms with Crippen molar-refractivity contribution in [2.45, 2.75) is 5.88 Å². The second-order valence-electron chi connectivity index (χ2n) is 2.26. The van der Waals surface area contributed by atoms with Gasteiger partial charge in [0, 0.05) is 5.88 Å². The molecule has 0 radical (unpaired) electrons. The van der Waals surface area contributed by atoms with E-state index in [4.69, 9.17) is 16.3 Å². The van der Waals surface area contributed by atoms with E-state index < -0.39 is 0 Å². The highest BCUT2D eigenvalue weighted by Gasteiger charge is 2.07. The third kappa shape index (κ3) is 1.84. The molecule has 0 heterocycles. The van der Waals surface area contributed by atoms with Crippen LogP contribution in [0.4, 0.5) is 0 Å². The molecule has 0 amide bonds. The van der Waals surface area contributed by atoms with Crippen LogP contribution in [0, 0.1) is 0 Å². The smallest absolute Gasteiger partial charge is 0.172 e. The molecule has 0 spiro atoms. The SMILES string of the molecule is COc1cc(CCl)cc(Br)c1O. The summed E-state index contributed by atoms with van der Waals surface area (Å²) in [6.45, 7) is 0. The molecule has 1 N–H and O–H groups in total. The molecule has 4 heteroatoms. The van der Waals surface area contributed by atoms with Crippen LogP contribution in [0.25, 0.3) is 0 Å². The lowest BCUT2D eigenvalue weighted by Crippen LogP contribution is -1.87. The average Bonchev–Trinajstić information content (AvgIpc) is 2.09. The van der Waals surface area contributed by atoms with Crippen molar-refractivity contribution in [3.63, 3.8) is 0 Å². The number of hydrogen-bond acceptors (Lipinski definition) is 2. The minimum Gasteiger partial charge on any atom is -0.503 e. The van der Waals surface area contributed by atoms with Gasteiger partial charge in [-0.05, 0) is 33.6 Å². The molecule has 0 aromatic heterocycles. The molecule has 1 aromatic rings. The van der Waals surface area contributed by atoms with Gasteiger partial charge < -0.3 is 9.84 Å². The van der Waals surface area contributed by atoms with Gasteiger partial charge in [-0.15, -0.1) is 11.6 Å². The molecule has 0 saturated heterocycles. The van der Waals surface area contributed by atoms with Gasteiger partial charge in [-0.3, -0.25) is 0 Å². The Labute approximate surface area is 84.2 Å². The molecule has 0 aliphatic carbocycles. The van der Waals surface area contributed by atoms with E-state index in [1.54, 1.807) is 12.1 Å². The summed E-state index contributed by atoms with van der Waals surface area (Å²) in [6.07, 6.45) is 0. The van der Waals surface area contributed by atoms with E-state index in [-0.39, 0.29) is 5.75 Å². The molecule has 2 nitrogen and oxygen atoms in total. The molecule has 66 valence electrons. The van der Waals surface area contributed by atoms with Crippen LogP contribution < -0.4 is 4.74 Å². The van der Waals surface area contributed by atoms with Gasteiger partial charge in [0.05, 0.1) is 11.6 Å². The third-order valence-electron chi connectivity index (χ3n) is 1.46. The number of rotatable bonds is 2. The Kier molecular flexibility index (Phi) is 3.23. The molecule has 0 unspecified atom stereocenters. The van der Waals surface area contributed by atoms with Crippen molar-refractivity contribution < 1.29 is 9.84 Å². The first-order valence-electron chi connectivity index (χ1n) is 3.30. The zero-order valence-electron chi connectivity index (χ0n) is 6.47. The van der Waals surface area contributed by atoms with E-state index >= 15 is 0 Å². The highest BCUT2D eigenvalue weighted by molar-refractivity contribution is 9.10. The standard InChI is InChI=1S/C8H8BrClO2/c1-12-7-3-5(4-10)2-6(9)8(7)11/h2-3,11H,4H2,1H3. The number of ether oxygens (including phenoxy) is 1. The van der Waals surface area contributed by atoms with Crippen LogP contribution >= 0.6 is 27.5 Å². The summed E-state index contributed by atoms with van der Waals surface area (Å²) < 4.78 is 5.52. The molecule has 1 aromatic carbocycles. The quantitative estimate of drug-likeness (QED) is 0.819. The lowest BCUT2D eigenvalue weighted by molar-refractivity contribution is 0.371.